The van der Waals surface area contributed by atoms with E-state index in [0.29, 0.717) is 0 Å². The maximum atomic E-state index is 9.69. The van der Waals surface area contributed by atoms with Gasteiger partial charge in [0.2, 0.25) is 0 Å². The fourth-order valence-electron chi connectivity index (χ4n) is 1.26. The highest BCUT2D eigenvalue weighted by Crippen LogP contribution is 2.03. The Bertz CT molecular complexity index is 334. The molecule has 0 spiro atoms. The molecule has 14 heavy (non-hydrogen) atoms. The number of hydrogen-bond donors (Lipinski definition) is 1. The third-order valence-electron chi connectivity index (χ3n) is 2.23. The van der Waals surface area contributed by atoms with E-state index in [1.54, 1.807) is 0 Å². The second-order valence-corrected chi connectivity index (χ2v) is 15.8. The zero-order valence-corrected chi connectivity index (χ0v) is 11.9. The van der Waals surface area contributed by atoms with Crippen molar-refractivity contribution in [2.24, 2.45) is 0 Å². The summed E-state index contributed by atoms with van der Waals surface area (Å²) < 4.78 is 0. The molecule has 1 aromatic heterocycles. The van der Waals surface area contributed by atoms with Gasteiger partial charge in [-0.1, -0.05) is 39.3 Å². The number of nitrogens with zero attached hydrogens (tertiary/aromatic N) is 2. The van der Waals surface area contributed by atoms with Crippen LogP contribution in [0.3, 0.4) is 0 Å². The van der Waals surface area contributed by atoms with Crippen LogP contribution in [-0.2, 0) is 0 Å². The fraction of sp³-hybridized carbons (Fsp3) is 0.667. The molecule has 0 saturated heterocycles. The minimum Gasteiger partial charge on any atom is -0.412 e. The summed E-state index contributed by atoms with van der Waals surface area (Å²) in [7, 11) is -2.86. The van der Waals surface area contributed by atoms with Crippen molar-refractivity contribution in [3.05, 3.63) is 6.07 Å². The molecular formula is C9H20N2OSi2. The molecule has 0 atom stereocenters. The summed E-state index contributed by atoms with van der Waals surface area (Å²) in [5.74, 6) is 0. The summed E-state index contributed by atoms with van der Waals surface area (Å²) in [6, 6.07) is 2.10. The van der Waals surface area contributed by atoms with Gasteiger partial charge in [0.25, 0.3) is 0 Å². The van der Waals surface area contributed by atoms with Gasteiger partial charge >= 0.3 is 0 Å². The van der Waals surface area contributed by atoms with Crippen LogP contribution in [0.5, 0.6) is 0 Å². The molecule has 0 aliphatic carbocycles. The summed E-state index contributed by atoms with van der Waals surface area (Å²) in [4.78, 5) is 1.10. The average molecular weight is 228 g/mol. The van der Waals surface area contributed by atoms with E-state index in [2.05, 4.69) is 50.4 Å². The predicted molar refractivity (Wildman–Crippen MR) is 65.4 cm³/mol. The molecule has 1 N–H and O–H groups in total. The van der Waals surface area contributed by atoms with Gasteiger partial charge in [-0.2, -0.15) is 0 Å². The Hall–Kier alpha value is -0.556. The largest absolute Gasteiger partial charge is 0.412 e. The SMILES string of the molecule is C[Si](C)(C)c1cc([Si](C)(C)C)n(O)n1. The van der Waals surface area contributed by atoms with Gasteiger partial charge in [-0.15, -0.1) is 9.94 Å². The van der Waals surface area contributed by atoms with E-state index in [9.17, 15) is 5.21 Å². The van der Waals surface area contributed by atoms with Crippen LogP contribution in [0.15, 0.2) is 6.07 Å². The molecule has 0 radical (unpaired) electrons. The van der Waals surface area contributed by atoms with E-state index in [-0.39, 0.29) is 0 Å². The van der Waals surface area contributed by atoms with Gasteiger partial charge < -0.3 is 5.21 Å². The van der Waals surface area contributed by atoms with Crippen LogP contribution in [0.1, 0.15) is 0 Å². The maximum Gasteiger partial charge on any atom is 0.106 e. The molecule has 0 aliphatic rings. The molecule has 0 unspecified atom stereocenters. The Kier molecular flexibility index (Phi) is 2.66. The van der Waals surface area contributed by atoms with Gasteiger partial charge in [-0.3, -0.25) is 0 Å². The second kappa shape index (κ2) is 3.24. The first-order valence-electron chi connectivity index (χ1n) is 4.92. The molecular weight excluding hydrogens is 208 g/mol. The maximum absolute atomic E-state index is 9.69. The van der Waals surface area contributed by atoms with Crippen LogP contribution >= 0.6 is 0 Å². The van der Waals surface area contributed by atoms with Crippen molar-refractivity contribution in [1.29, 1.82) is 0 Å². The summed E-state index contributed by atoms with van der Waals surface area (Å²) >= 11 is 0. The highest BCUT2D eigenvalue weighted by atomic mass is 28.3. The van der Waals surface area contributed by atoms with Crippen LogP contribution in [0.4, 0.5) is 0 Å². The fourth-order valence-corrected chi connectivity index (χ4v) is 3.58. The van der Waals surface area contributed by atoms with Crippen molar-refractivity contribution in [2.45, 2.75) is 39.3 Å². The van der Waals surface area contributed by atoms with Crippen LogP contribution in [-0.4, -0.2) is 31.3 Å². The first-order chi connectivity index (χ1) is 6.12. The molecule has 5 heteroatoms. The Morgan fingerprint density at radius 3 is 1.79 bits per heavy atom. The third-order valence-corrected chi connectivity index (χ3v) is 5.89. The second-order valence-electron chi connectivity index (χ2n) is 5.80. The lowest BCUT2D eigenvalue weighted by Gasteiger charge is -2.14. The molecule has 0 aliphatic heterocycles. The Balaban J connectivity index is 3.19. The summed E-state index contributed by atoms with van der Waals surface area (Å²) in [5.41, 5.74) is 0. The highest BCUT2D eigenvalue weighted by Gasteiger charge is 2.27. The van der Waals surface area contributed by atoms with E-state index < -0.39 is 16.1 Å². The van der Waals surface area contributed by atoms with Crippen molar-refractivity contribution in [2.75, 3.05) is 0 Å². The lowest BCUT2D eigenvalue weighted by molar-refractivity contribution is 0.158. The van der Waals surface area contributed by atoms with Crippen molar-refractivity contribution >= 4 is 26.8 Å². The van der Waals surface area contributed by atoms with Crippen LogP contribution in [0.2, 0.25) is 39.3 Å². The molecule has 1 aromatic rings. The standard InChI is InChI=1S/C9H20N2OSi2/c1-13(2,3)8-7-9(11(12)10-8)14(4,5)6/h7,12H,1-6H3. The summed E-state index contributed by atoms with van der Waals surface area (Å²) in [5, 5.41) is 16.0. The molecule has 0 bridgehead atoms. The van der Waals surface area contributed by atoms with Gasteiger partial charge in [0.05, 0.1) is 5.32 Å². The lowest BCUT2D eigenvalue weighted by atomic mass is 10.7. The lowest BCUT2D eigenvalue weighted by Crippen LogP contribution is -2.43. The zero-order chi connectivity index (χ0) is 11.1. The Morgan fingerprint density at radius 1 is 1.07 bits per heavy atom. The Labute approximate surface area is 87.7 Å². The highest BCUT2D eigenvalue weighted by molar-refractivity contribution is 6.91. The molecule has 0 fully saturated rings. The van der Waals surface area contributed by atoms with Crippen LogP contribution in [0.25, 0.3) is 0 Å². The van der Waals surface area contributed by atoms with Crippen LogP contribution < -0.4 is 10.6 Å². The van der Waals surface area contributed by atoms with Crippen LogP contribution in [0, 0.1) is 0 Å². The minimum absolute atomic E-state index is 1.02. The molecule has 1 rings (SSSR count). The van der Waals surface area contributed by atoms with Gasteiger partial charge in [0.1, 0.15) is 16.1 Å². The molecule has 0 aromatic carbocycles. The molecule has 80 valence electrons. The molecule has 0 amide bonds. The normalized spacial score (nSPS) is 13.3. The third kappa shape index (κ3) is 2.27. The van der Waals surface area contributed by atoms with Crippen molar-refractivity contribution in [3.63, 3.8) is 0 Å². The van der Waals surface area contributed by atoms with Crippen molar-refractivity contribution in [1.82, 2.24) is 9.94 Å². The first kappa shape index (κ1) is 11.5. The number of rotatable bonds is 2. The van der Waals surface area contributed by atoms with Crippen molar-refractivity contribution < 1.29 is 5.21 Å². The quantitative estimate of drug-likeness (QED) is 0.610. The van der Waals surface area contributed by atoms with E-state index in [1.807, 2.05) is 0 Å². The van der Waals surface area contributed by atoms with Gasteiger partial charge in [-0.05, 0) is 6.07 Å². The van der Waals surface area contributed by atoms with E-state index in [1.165, 1.54) is 0 Å². The summed E-state index contributed by atoms with van der Waals surface area (Å²) in [6.45, 7) is 13.4. The Morgan fingerprint density at radius 2 is 1.57 bits per heavy atom. The number of hydrogen-bond acceptors (Lipinski definition) is 2. The average Bonchev–Trinajstić information content (AvgIpc) is 2.27. The van der Waals surface area contributed by atoms with E-state index in [4.69, 9.17) is 0 Å². The van der Waals surface area contributed by atoms with E-state index in [0.717, 1.165) is 15.5 Å². The zero-order valence-electron chi connectivity index (χ0n) is 9.92. The smallest absolute Gasteiger partial charge is 0.106 e. The minimum atomic E-state index is -1.46. The van der Waals surface area contributed by atoms with Gasteiger partial charge in [-0.25, -0.2) is 0 Å². The first-order valence-corrected chi connectivity index (χ1v) is 11.9. The van der Waals surface area contributed by atoms with Gasteiger partial charge in [0, 0.05) is 5.32 Å². The van der Waals surface area contributed by atoms with Crippen molar-refractivity contribution in [3.8, 4) is 0 Å². The molecule has 3 nitrogen and oxygen atoms in total. The molecule has 0 saturated carbocycles. The predicted octanol–water partition coefficient (Wildman–Crippen LogP) is 1.21. The monoisotopic (exact) mass is 228 g/mol. The van der Waals surface area contributed by atoms with E-state index >= 15 is 0 Å². The summed E-state index contributed by atoms with van der Waals surface area (Å²) in [6.07, 6.45) is 0. The topological polar surface area (TPSA) is 38.0 Å². The van der Waals surface area contributed by atoms with Gasteiger partial charge in [0.15, 0.2) is 0 Å². The number of aromatic nitrogens is 2. The molecule has 1 heterocycles.